The van der Waals surface area contributed by atoms with Crippen molar-refractivity contribution < 1.29 is 9.90 Å². The van der Waals surface area contributed by atoms with Gasteiger partial charge in [0.2, 0.25) is 0 Å². The van der Waals surface area contributed by atoms with E-state index in [1.54, 1.807) is 6.20 Å². The van der Waals surface area contributed by atoms with Gasteiger partial charge in [0.15, 0.2) is 0 Å². The standard InChI is InChI=1S/C12H21N3O2/c1-4-10(2)15(9-12(16)17)8-6-11-5-7-13-14(11)3/h5,7,10H,4,6,8-9H2,1-3H3,(H,16,17). The fourth-order valence-corrected chi connectivity index (χ4v) is 1.79. The monoisotopic (exact) mass is 239 g/mol. The quantitative estimate of drug-likeness (QED) is 0.775. The molecule has 0 radical (unpaired) electrons. The van der Waals surface area contributed by atoms with Crippen molar-refractivity contribution in [3.8, 4) is 0 Å². The molecule has 0 spiro atoms. The molecule has 17 heavy (non-hydrogen) atoms. The first kappa shape index (κ1) is 13.7. The number of hydrogen-bond donors (Lipinski definition) is 1. The molecule has 1 unspecified atom stereocenters. The Bertz CT molecular complexity index is 362. The summed E-state index contributed by atoms with van der Waals surface area (Å²) < 4.78 is 1.83. The molecule has 1 heterocycles. The van der Waals surface area contributed by atoms with Gasteiger partial charge in [0.25, 0.3) is 0 Å². The summed E-state index contributed by atoms with van der Waals surface area (Å²) in [6, 6.07) is 2.26. The average molecular weight is 239 g/mol. The summed E-state index contributed by atoms with van der Waals surface area (Å²) in [6.45, 7) is 4.99. The second-order valence-corrected chi connectivity index (χ2v) is 4.32. The Hall–Kier alpha value is -1.36. The first-order valence-electron chi connectivity index (χ1n) is 5.97. The van der Waals surface area contributed by atoms with Crippen LogP contribution in [0.25, 0.3) is 0 Å². The van der Waals surface area contributed by atoms with E-state index in [1.165, 1.54) is 0 Å². The zero-order valence-corrected chi connectivity index (χ0v) is 10.8. The van der Waals surface area contributed by atoms with Crippen LogP contribution in [-0.2, 0) is 18.3 Å². The van der Waals surface area contributed by atoms with Crippen LogP contribution in [0.1, 0.15) is 26.0 Å². The minimum atomic E-state index is -0.768. The molecule has 0 aliphatic heterocycles. The lowest BCUT2D eigenvalue weighted by molar-refractivity contribution is -0.138. The minimum Gasteiger partial charge on any atom is -0.480 e. The fourth-order valence-electron chi connectivity index (χ4n) is 1.79. The highest BCUT2D eigenvalue weighted by Crippen LogP contribution is 2.06. The summed E-state index contributed by atoms with van der Waals surface area (Å²) in [5.74, 6) is -0.768. The maximum absolute atomic E-state index is 10.8. The molecule has 5 heteroatoms. The average Bonchev–Trinajstić information content (AvgIpc) is 2.68. The van der Waals surface area contributed by atoms with Gasteiger partial charge in [-0.3, -0.25) is 14.4 Å². The summed E-state index contributed by atoms with van der Waals surface area (Å²) in [6.07, 6.45) is 3.55. The Labute approximate surface area is 102 Å². The number of hydrogen-bond acceptors (Lipinski definition) is 3. The molecular formula is C12H21N3O2. The Morgan fingerprint density at radius 3 is 2.82 bits per heavy atom. The fraction of sp³-hybridized carbons (Fsp3) is 0.667. The summed E-state index contributed by atoms with van der Waals surface area (Å²) >= 11 is 0. The van der Waals surface area contributed by atoms with E-state index in [0.717, 1.165) is 25.1 Å². The van der Waals surface area contributed by atoms with Crippen molar-refractivity contribution in [3.63, 3.8) is 0 Å². The number of rotatable bonds is 7. The highest BCUT2D eigenvalue weighted by molar-refractivity contribution is 5.69. The SMILES string of the molecule is CCC(C)N(CCc1ccnn1C)CC(=O)O. The van der Waals surface area contributed by atoms with Gasteiger partial charge in [0, 0.05) is 37.9 Å². The maximum Gasteiger partial charge on any atom is 0.317 e. The molecule has 1 N–H and O–H groups in total. The molecule has 0 bridgehead atoms. The molecule has 0 aliphatic carbocycles. The summed E-state index contributed by atoms with van der Waals surface area (Å²) in [5.41, 5.74) is 1.13. The zero-order chi connectivity index (χ0) is 12.8. The molecule has 5 nitrogen and oxygen atoms in total. The number of aliphatic carboxylic acids is 1. The lowest BCUT2D eigenvalue weighted by atomic mass is 10.2. The van der Waals surface area contributed by atoms with Gasteiger partial charge in [-0.2, -0.15) is 5.10 Å². The van der Waals surface area contributed by atoms with E-state index >= 15 is 0 Å². The summed E-state index contributed by atoms with van der Waals surface area (Å²) in [5, 5.41) is 13.0. The van der Waals surface area contributed by atoms with Crippen LogP contribution in [0.3, 0.4) is 0 Å². The van der Waals surface area contributed by atoms with Crippen molar-refractivity contribution in [2.24, 2.45) is 7.05 Å². The predicted octanol–water partition coefficient (Wildman–Crippen LogP) is 1.15. The number of carboxylic acid groups (broad SMARTS) is 1. The Morgan fingerprint density at radius 1 is 1.65 bits per heavy atom. The highest BCUT2D eigenvalue weighted by atomic mass is 16.4. The molecule has 0 saturated carbocycles. The number of aromatic nitrogens is 2. The topological polar surface area (TPSA) is 58.4 Å². The number of carbonyl (C=O) groups is 1. The molecule has 1 aromatic rings. The van der Waals surface area contributed by atoms with Gasteiger partial charge < -0.3 is 5.11 Å². The first-order chi connectivity index (χ1) is 8.04. The third-order valence-corrected chi connectivity index (χ3v) is 3.13. The van der Waals surface area contributed by atoms with Gasteiger partial charge >= 0.3 is 5.97 Å². The lowest BCUT2D eigenvalue weighted by Crippen LogP contribution is -2.38. The smallest absolute Gasteiger partial charge is 0.317 e. The van der Waals surface area contributed by atoms with Crippen LogP contribution in [0.4, 0.5) is 0 Å². The summed E-state index contributed by atoms with van der Waals surface area (Å²) in [7, 11) is 1.90. The highest BCUT2D eigenvalue weighted by Gasteiger charge is 2.15. The molecule has 1 aromatic heterocycles. The Morgan fingerprint density at radius 2 is 2.35 bits per heavy atom. The Kier molecular flexibility index (Phi) is 5.15. The van der Waals surface area contributed by atoms with Crippen molar-refractivity contribution in [1.29, 1.82) is 0 Å². The van der Waals surface area contributed by atoms with Gasteiger partial charge in [-0.15, -0.1) is 0 Å². The molecule has 96 valence electrons. The normalized spacial score (nSPS) is 12.9. The van der Waals surface area contributed by atoms with E-state index in [4.69, 9.17) is 5.11 Å². The van der Waals surface area contributed by atoms with E-state index in [9.17, 15) is 4.79 Å². The van der Waals surface area contributed by atoms with E-state index in [2.05, 4.69) is 18.9 Å². The molecule has 0 aromatic carbocycles. The second-order valence-electron chi connectivity index (χ2n) is 4.32. The third kappa shape index (κ3) is 4.19. The van der Waals surface area contributed by atoms with Crippen LogP contribution in [0.5, 0.6) is 0 Å². The summed E-state index contributed by atoms with van der Waals surface area (Å²) in [4.78, 5) is 12.8. The number of aryl methyl sites for hydroxylation is 1. The number of carboxylic acids is 1. The van der Waals surface area contributed by atoms with Crippen molar-refractivity contribution in [3.05, 3.63) is 18.0 Å². The molecule has 0 fully saturated rings. The van der Waals surface area contributed by atoms with Crippen LogP contribution in [0.15, 0.2) is 12.3 Å². The maximum atomic E-state index is 10.8. The Balaban J connectivity index is 2.54. The minimum absolute atomic E-state index is 0.104. The van der Waals surface area contributed by atoms with E-state index in [1.807, 2.05) is 22.7 Å². The second kappa shape index (κ2) is 6.39. The molecule has 0 aliphatic rings. The molecule has 1 rings (SSSR count). The zero-order valence-electron chi connectivity index (χ0n) is 10.8. The first-order valence-corrected chi connectivity index (χ1v) is 5.97. The van der Waals surface area contributed by atoms with E-state index < -0.39 is 5.97 Å². The van der Waals surface area contributed by atoms with Gasteiger partial charge in [-0.25, -0.2) is 0 Å². The lowest BCUT2D eigenvalue weighted by Gasteiger charge is -2.26. The van der Waals surface area contributed by atoms with Gasteiger partial charge in [0.1, 0.15) is 0 Å². The van der Waals surface area contributed by atoms with Gasteiger partial charge in [-0.1, -0.05) is 6.92 Å². The van der Waals surface area contributed by atoms with Crippen LogP contribution < -0.4 is 0 Å². The molecule has 0 amide bonds. The van der Waals surface area contributed by atoms with Crippen LogP contribution in [0, 0.1) is 0 Å². The van der Waals surface area contributed by atoms with Crippen molar-refractivity contribution in [2.75, 3.05) is 13.1 Å². The van der Waals surface area contributed by atoms with E-state index in [-0.39, 0.29) is 6.54 Å². The van der Waals surface area contributed by atoms with E-state index in [0.29, 0.717) is 6.04 Å². The largest absolute Gasteiger partial charge is 0.480 e. The van der Waals surface area contributed by atoms with Crippen molar-refractivity contribution in [1.82, 2.24) is 14.7 Å². The van der Waals surface area contributed by atoms with Crippen LogP contribution >= 0.6 is 0 Å². The van der Waals surface area contributed by atoms with Crippen molar-refractivity contribution >= 4 is 5.97 Å². The van der Waals surface area contributed by atoms with Gasteiger partial charge in [-0.05, 0) is 19.4 Å². The third-order valence-electron chi connectivity index (χ3n) is 3.13. The molecular weight excluding hydrogens is 218 g/mol. The molecule has 0 saturated heterocycles. The van der Waals surface area contributed by atoms with Crippen LogP contribution in [0.2, 0.25) is 0 Å². The molecule has 1 atom stereocenters. The van der Waals surface area contributed by atoms with Gasteiger partial charge in [0.05, 0.1) is 6.54 Å². The van der Waals surface area contributed by atoms with Crippen molar-refractivity contribution in [2.45, 2.75) is 32.7 Å². The predicted molar refractivity (Wildman–Crippen MR) is 65.9 cm³/mol. The number of nitrogens with zero attached hydrogens (tertiary/aromatic N) is 3. The van der Waals surface area contributed by atoms with Crippen LogP contribution in [-0.4, -0.2) is 44.9 Å².